The minimum atomic E-state index is 0.259. The fourth-order valence-electron chi connectivity index (χ4n) is 1.12. The van der Waals surface area contributed by atoms with E-state index < -0.39 is 0 Å². The van der Waals surface area contributed by atoms with Gasteiger partial charge in [0.2, 0.25) is 0 Å². The lowest BCUT2D eigenvalue weighted by Crippen LogP contribution is -2.07. The van der Waals surface area contributed by atoms with Crippen LogP contribution in [0.5, 0.6) is 0 Å². The van der Waals surface area contributed by atoms with Gasteiger partial charge in [-0.2, -0.15) is 0 Å². The minimum absolute atomic E-state index is 0.259. The minimum Gasteiger partial charge on any atom is -0.374 e. The van der Waals surface area contributed by atoms with Crippen molar-refractivity contribution in [3.63, 3.8) is 0 Å². The monoisotopic (exact) mass is 554 g/mol. The summed E-state index contributed by atoms with van der Waals surface area (Å²) >= 11 is 17.8. The van der Waals surface area contributed by atoms with Crippen LogP contribution < -0.4 is 0 Å². The number of hydrogen-bond acceptors (Lipinski definition) is 1. The van der Waals surface area contributed by atoms with Gasteiger partial charge in [0, 0.05) is 27.9 Å². The first-order valence-electron chi connectivity index (χ1n) is 5.02. The second-order valence-electron chi connectivity index (χ2n) is 3.58. The van der Waals surface area contributed by atoms with Gasteiger partial charge in [0.25, 0.3) is 0 Å². The number of rotatable bonds is 4. The first-order chi connectivity index (χ1) is 7.90. The van der Waals surface area contributed by atoms with Crippen LogP contribution in [0.15, 0.2) is 22.4 Å². The van der Waals surface area contributed by atoms with E-state index in [2.05, 4.69) is 93.5 Å². The Kier molecular flexibility index (Phi) is 7.23. The molecule has 0 heterocycles. The second kappa shape index (κ2) is 7.39. The van der Waals surface area contributed by atoms with Crippen LogP contribution in [-0.4, -0.2) is 6.10 Å². The zero-order valence-electron chi connectivity index (χ0n) is 9.29. The Hall–Kier alpha value is 1.58. The fraction of sp³-hybridized carbons (Fsp3) is 0.455. The van der Waals surface area contributed by atoms with E-state index >= 15 is 0 Å². The molecular weight excluding hydrogens is 548 g/mol. The van der Waals surface area contributed by atoms with Crippen LogP contribution in [0.4, 0.5) is 0 Å². The maximum Gasteiger partial charge on any atom is 0.0743 e. The highest BCUT2D eigenvalue weighted by molar-refractivity contribution is 9.15. The summed E-state index contributed by atoms with van der Waals surface area (Å²) in [5.41, 5.74) is 1.09. The molecule has 1 atom stereocenters. The van der Waals surface area contributed by atoms with E-state index in [1.807, 2.05) is 0 Å². The molecule has 0 aromatic heterocycles. The molecule has 0 aliphatic rings. The highest BCUT2D eigenvalue weighted by atomic mass is 79.9. The van der Waals surface area contributed by atoms with E-state index in [-0.39, 0.29) is 6.10 Å². The molecular formula is C11H11Br5O. The van der Waals surface area contributed by atoms with E-state index in [1.54, 1.807) is 0 Å². The molecule has 1 unspecified atom stereocenters. The van der Waals surface area contributed by atoms with E-state index in [1.165, 1.54) is 0 Å². The summed E-state index contributed by atoms with van der Waals surface area (Å²) in [4.78, 5) is 0. The van der Waals surface area contributed by atoms with Crippen LogP contribution in [0.3, 0.4) is 0 Å². The quantitative estimate of drug-likeness (QED) is 0.291. The second-order valence-corrected chi connectivity index (χ2v) is 7.54. The molecule has 17 heavy (non-hydrogen) atoms. The SMILES string of the molecule is CCC(C)OCc1c(Br)c(Br)c(Br)c(Br)c1Br. The molecule has 96 valence electrons. The lowest BCUT2D eigenvalue weighted by Gasteiger charge is -2.16. The first kappa shape index (κ1) is 16.6. The van der Waals surface area contributed by atoms with Crippen molar-refractivity contribution in [3.8, 4) is 0 Å². The largest absolute Gasteiger partial charge is 0.374 e. The number of halogens is 5. The number of hydrogen-bond donors (Lipinski definition) is 0. The lowest BCUT2D eigenvalue weighted by atomic mass is 10.2. The molecule has 0 saturated heterocycles. The van der Waals surface area contributed by atoms with Gasteiger partial charge in [-0.1, -0.05) is 6.92 Å². The first-order valence-corrected chi connectivity index (χ1v) is 8.98. The predicted octanol–water partition coefficient (Wildman–Crippen LogP) is 6.81. The molecule has 0 aliphatic carbocycles. The van der Waals surface area contributed by atoms with E-state index in [4.69, 9.17) is 4.74 Å². The summed E-state index contributed by atoms with van der Waals surface area (Å²) in [6, 6.07) is 0. The molecule has 0 fully saturated rings. The molecule has 1 aromatic carbocycles. The summed E-state index contributed by atoms with van der Waals surface area (Å²) in [6.07, 6.45) is 1.27. The molecule has 0 bridgehead atoms. The summed E-state index contributed by atoms with van der Waals surface area (Å²) in [6.45, 7) is 4.76. The Morgan fingerprint density at radius 1 is 0.882 bits per heavy atom. The van der Waals surface area contributed by atoms with Gasteiger partial charge in [0.05, 0.1) is 12.7 Å². The predicted molar refractivity (Wildman–Crippen MR) is 89.5 cm³/mol. The number of benzene rings is 1. The Labute approximate surface area is 144 Å². The Morgan fingerprint density at radius 3 is 1.71 bits per heavy atom. The number of ether oxygens (including phenoxy) is 1. The van der Waals surface area contributed by atoms with Crippen molar-refractivity contribution in [2.45, 2.75) is 33.0 Å². The van der Waals surface area contributed by atoms with Crippen molar-refractivity contribution >= 4 is 79.6 Å². The van der Waals surface area contributed by atoms with Crippen LogP contribution in [0.25, 0.3) is 0 Å². The van der Waals surface area contributed by atoms with Gasteiger partial charge in [-0.25, -0.2) is 0 Å². The molecule has 1 rings (SSSR count). The molecule has 6 heteroatoms. The van der Waals surface area contributed by atoms with E-state index in [0.29, 0.717) is 6.61 Å². The maximum absolute atomic E-state index is 5.77. The molecule has 0 spiro atoms. The molecule has 0 saturated carbocycles. The lowest BCUT2D eigenvalue weighted by molar-refractivity contribution is 0.0501. The highest BCUT2D eigenvalue weighted by Crippen LogP contribution is 2.44. The van der Waals surface area contributed by atoms with Gasteiger partial charge < -0.3 is 4.74 Å². The third-order valence-electron chi connectivity index (χ3n) is 2.39. The Bertz CT molecular complexity index is 390. The smallest absolute Gasteiger partial charge is 0.0743 e. The van der Waals surface area contributed by atoms with Gasteiger partial charge in [0.15, 0.2) is 0 Å². The summed E-state index contributed by atoms with van der Waals surface area (Å²) in [7, 11) is 0. The van der Waals surface area contributed by atoms with Crippen molar-refractivity contribution < 1.29 is 4.74 Å². The molecule has 0 radical (unpaired) electrons. The van der Waals surface area contributed by atoms with Crippen LogP contribution in [0, 0.1) is 0 Å². The fourth-order valence-corrected chi connectivity index (χ4v) is 4.48. The Balaban J connectivity index is 3.07. The molecule has 1 aromatic rings. The van der Waals surface area contributed by atoms with Crippen LogP contribution in [-0.2, 0) is 11.3 Å². The summed E-state index contributed by atoms with van der Waals surface area (Å²) in [5.74, 6) is 0. The van der Waals surface area contributed by atoms with E-state index in [0.717, 1.165) is 34.3 Å². The van der Waals surface area contributed by atoms with Crippen LogP contribution in [0.2, 0.25) is 0 Å². The molecule has 0 N–H and O–H groups in total. The normalized spacial score (nSPS) is 12.9. The summed E-state index contributed by atoms with van der Waals surface area (Å²) < 4.78 is 10.7. The van der Waals surface area contributed by atoms with Gasteiger partial charge in [-0.05, 0) is 93.0 Å². The topological polar surface area (TPSA) is 9.23 Å². The third-order valence-corrected chi connectivity index (χ3v) is 8.65. The van der Waals surface area contributed by atoms with Crippen molar-refractivity contribution in [2.75, 3.05) is 0 Å². The standard InChI is InChI=1S/C11H11Br5O/c1-3-5(2)17-4-6-7(12)9(14)11(16)10(15)8(6)13/h5H,3-4H2,1-2H3. The van der Waals surface area contributed by atoms with Crippen LogP contribution in [0.1, 0.15) is 25.8 Å². The molecule has 0 amide bonds. The zero-order chi connectivity index (χ0) is 13.2. The molecule has 0 aliphatic heterocycles. The van der Waals surface area contributed by atoms with E-state index in [9.17, 15) is 0 Å². The highest BCUT2D eigenvalue weighted by Gasteiger charge is 2.18. The molecule has 1 nitrogen and oxygen atoms in total. The van der Waals surface area contributed by atoms with Gasteiger partial charge in [-0.15, -0.1) is 0 Å². The van der Waals surface area contributed by atoms with Gasteiger partial charge in [-0.3, -0.25) is 0 Å². The van der Waals surface area contributed by atoms with Crippen LogP contribution >= 0.6 is 79.6 Å². The van der Waals surface area contributed by atoms with Gasteiger partial charge >= 0.3 is 0 Å². The zero-order valence-corrected chi connectivity index (χ0v) is 17.2. The average Bonchev–Trinajstić information content (AvgIpc) is 2.33. The van der Waals surface area contributed by atoms with Crippen molar-refractivity contribution in [2.24, 2.45) is 0 Å². The maximum atomic E-state index is 5.77. The van der Waals surface area contributed by atoms with Crippen molar-refractivity contribution in [1.29, 1.82) is 0 Å². The Morgan fingerprint density at radius 2 is 1.29 bits per heavy atom. The van der Waals surface area contributed by atoms with Gasteiger partial charge in [0.1, 0.15) is 0 Å². The average molecular weight is 559 g/mol. The third kappa shape index (κ3) is 4.02. The van der Waals surface area contributed by atoms with Crippen molar-refractivity contribution in [1.82, 2.24) is 0 Å². The summed E-state index contributed by atoms with van der Waals surface area (Å²) in [5, 5.41) is 0. The van der Waals surface area contributed by atoms with Crippen molar-refractivity contribution in [3.05, 3.63) is 27.9 Å².